The van der Waals surface area contributed by atoms with E-state index in [2.05, 4.69) is 10.5 Å². The van der Waals surface area contributed by atoms with Crippen LogP contribution in [0.3, 0.4) is 0 Å². The molecule has 0 saturated carbocycles. The molecule has 28 heavy (non-hydrogen) atoms. The molecule has 1 N–H and O–H groups in total. The van der Waals surface area contributed by atoms with Gasteiger partial charge in [-0.2, -0.15) is 5.10 Å². The smallest absolute Gasteiger partial charge is 0.271 e. The number of benzene rings is 3. The number of hydrogen-bond donors (Lipinski definition) is 1. The van der Waals surface area contributed by atoms with Crippen LogP contribution in [0, 0.1) is 10.1 Å². The van der Waals surface area contributed by atoms with E-state index in [1.165, 1.54) is 18.3 Å². The number of rotatable bonds is 6. The summed E-state index contributed by atoms with van der Waals surface area (Å²) in [6, 6.07) is 20.7. The van der Waals surface area contributed by atoms with Gasteiger partial charge in [-0.15, -0.1) is 0 Å². The normalized spacial score (nSPS) is 10.6. The van der Waals surface area contributed by atoms with E-state index in [9.17, 15) is 14.9 Å². The van der Waals surface area contributed by atoms with E-state index in [-0.39, 0.29) is 11.6 Å². The van der Waals surface area contributed by atoms with Crippen LogP contribution in [0.5, 0.6) is 5.75 Å². The van der Waals surface area contributed by atoms with Crippen molar-refractivity contribution in [2.75, 3.05) is 7.11 Å². The minimum Gasteiger partial charge on any atom is -0.497 e. The van der Waals surface area contributed by atoms with Gasteiger partial charge in [0, 0.05) is 23.3 Å². The van der Waals surface area contributed by atoms with Crippen molar-refractivity contribution in [2.24, 2.45) is 5.10 Å². The summed E-state index contributed by atoms with van der Waals surface area (Å²) in [6.45, 7) is 0. The summed E-state index contributed by atoms with van der Waals surface area (Å²) in [5.74, 6) is 0.380. The highest BCUT2D eigenvalue weighted by Gasteiger charge is 2.07. The van der Waals surface area contributed by atoms with Gasteiger partial charge >= 0.3 is 0 Å². The zero-order chi connectivity index (χ0) is 19.9. The van der Waals surface area contributed by atoms with Crippen molar-refractivity contribution in [3.8, 4) is 16.9 Å². The summed E-state index contributed by atoms with van der Waals surface area (Å²) in [5.41, 5.74) is 5.20. The zero-order valence-electron chi connectivity index (χ0n) is 15.0. The molecule has 0 aliphatic heterocycles. The molecule has 0 atom stereocenters. The number of nitro groups is 1. The standard InChI is InChI=1S/C21H17N3O4/c1-28-20-10-8-16(9-11-20)17-5-3-6-18(13-17)21(25)23-22-14-15-4-2-7-19(12-15)24(26)27/h2-14H,1H3,(H,23,25). The highest BCUT2D eigenvalue weighted by molar-refractivity contribution is 5.96. The lowest BCUT2D eigenvalue weighted by molar-refractivity contribution is -0.384. The van der Waals surface area contributed by atoms with Crippen molar-refractivity contribution < 1.29 is 14.5 Å². The second kappa shape index (κ2) is 8.59. The topological polar surface area (TPSA) is 93.8 Å². The van der Waals surface area contributed by atoms with Crippen LogP contribution in [0.15, 0.2) is 77.9 Å². The Morgan fingerprint density at radius 3 is 2.50 bits per heavy atom. The lowest BCUT2D eigenvalue weighted by Gasteiger charge is -2.06. The molecule has 0 fully saturated rings. The Bertz CT molecular complexity index is 1030. The van der Waals surface area contributed by atoms with Crippen LogP contribution in [-0.2, 0) is 0 Å². The minimum absolute atomic E-state index is 0.0394. The summed E-state index contributed by atoms with van der Waals surface area (Å²) in [7, 11) is 1.61. The van der Waals surface area contributed by atoms with E-state index in [0.717, 1.165) is 16.9 Å². The van der Waals surface area contributed by atoms with Gasteiger partial charge in [-0.3, -0.25) is 14.9 Å². The number of nitrogens with zero attached hydrogens (tertiary/aromatic N) is 2. The van der Waals surface area contributed by atoms with Gasteiger partial charge in [0.15, 0.2) is 0 Å². The zero-order valence-corrected chi connectivity index (χ0v) is 15.0. The number of hydrogen-bond acceptors (Lipinski definition) is 5. The number of carbonyl (C=O) groups is 1. The van der Waals surface area contributed by atoms with E-state index in [0.29, 0.717) is 11.1 Å². The first-order chi connectivity index (χ1) is 13.6. The van der Waals surface area contributed by atoms with E-state index < -0.39 is 4.92 Å². The Hall–Kier alpha value is -4.00. The maximum atomic E-state index is 12.3. The van der Waals surface area contributed by atoms with Gasteiger partial charge in [0.1, 0.15) is 5.75 Å². The van der Waals surface area contributed by atoms with Crippen molar-refractivity contribution >= 4 is 17.8 Å². The lowest BCUT2D eigenvalue weighted by atomic mass is 10.0. The number of nitrogens with one attached hydrogen (secondary N) is 1. The number of amides is 1. The summed E-state index contributed by atoms with van der Waals surface area (Å²) >= 11 is 0. The number of ether oxygens (including phenoxy) is 1. The highest BCUT2D eigenvalue weighted by Crippen LogP contribution is 2.23. The molecule has 0 saturated heterocycles. The van der Waals surface area contributed by atoms with Crippen LogP contribution >= 0.6 is 0 Å². The summed E-state index contributed by atoms with van der Waals surface area (Å²) in [4.78, 5) is 22.6. The molecule has 0 bridgehead atoms. The number of carbonyl (C=O) groups excluding carboxylic acids is 1. The molecule has 0 aliphatic carbocycles. The molecule has 140 valence electrons. The second-order valence-electron chi connectivity index (χ2n) is 5.86. The molecular formula is C21H17N3O4. The molecule has 7 heteroatoms. The van der Waals surface area contributed by atoms with Crippen molar-refractivity contribution in [1.29, 1.82) is 0 Å². The number of nitro benzene ring substituents is 1. The van der Waals surface area contributed by atoms with Crippen LogP contribution in [-0.4, -0.2) is 24.2 Å². The van der Waals surface area contributed by atoms with Gasteiger partial charge in [0.25, 0.3) is 11.6 Å². The monoisotopic (exact) mass is 375 g/mol. The van der Waals surface area contributed by atoms with Crippen molar-refractivity contribution in [1.82, 2.24) is 5.43 Å². The quantitative estimate of drug-likeness (QED) is 0.400. The number of methoxy groups -OCH3 is 1. The van der Waals surface area contributed by atoms with E-state index in [1.54, 1.807) is 37.4 Å². The SMILES string of the molecule is COc1ccc(-c2cccc(C(=O)NN=Cc3cccc([N+](=O)[O-])c3)c2)cc1. The average molecular weight is 375 g/mol. The summed E-state index contributed by atoms with van der Waals surface area (Å²) < 4.78 is 5.15. The van der Waals surface area contributed by atoms with Gasteiger partial charge in [-0.1, -0.05) is 36.4 Å². The summed E-state index contributed by atoms with van der Waals surface area (Å²) in [5, 5.41) is 14.7. The fourth-order valence-electron chi connectivity index (χ4n) is 2.57. The first kappa shape index (κ1) is 18.8. The predicted octanol–water partition coefficient (Wildman–Crippen LogP) is 4.03. The van der Waals surface area contributed by atoms with Crippen LogP contribution in [0.2, 0.25) is 0 Å². The van der Waals surface area contributed by atoms with Gasteiger partial charge < -0.3 is 4.74 Å². The maximum Gasteiger partial charge on any atom is 0.271 e. The molecule has 0 unspecified atom stereocenters. The Labute approximate surface area is 161 Å². The van der Waals surface area contributed by atoms with Crippen LogP contribution in [0.25, 0.3) is 11.1 Å². The molecule has 3 aromatic carbocycles. The summed E-state index contributed by atoms with van der Waals surface area (Å²) in [6.07, 6.45) is 1.36. The highest BCUT2D eigenvalue weighted by atomic mass is 16.6. The maximum absolute atomic E-state index is 12.3. The van der Waals surface area contributed by atoms with E-state index >= 15 is 0 Å². The molecule has 0 radical (unpaired) electrons. The molecule has 3 rings (SSSR count). The van der Waals surface area contributed by atoms with Gasteiger partial charge in [0.2, 0.25) is 0 Å². The molecule has 7 nitrogen and oxygen atoms in total. The Morgan fingerprint density at radius 2 is 1.79 bits per heavy atom. The molecule has 0 aliphatic rings. The number of non-ortho nitro benzene ring substituents is 1. The van der Waals surface area contributed by atoms with E-state index in [4.69, 9.17) is 4.74 Å². The lowest BCUT2D eigenvalue weighted by Crippen LogP contribution is -2.17. The van der Waals surface area contributed by atoms with Gasteiger partial charge in [0.05, 0.1) is 18.2 Å². The van der Waals surface area contributed by atoms with E-state index in [1.807, 2.05) is 30.3 Å². The fourth-order valence-corrected chi connectivity index (χ4v) is 2.57. The van der Waals surface area contributed by atoms with Crippen LogP contribution in [0.1, 0.15) is 15.9 Å². The second-order valence-corrected chi connectivity index (χ2v) is 5.86. The minimum atomic E-state index is -0.486. The van der Waals surface area contributed by atoms with Crippen LogP contribution < -0.4 is 10.2 Å². The Kier molecular flexibility index (Phi) is 5.76. The van der Waals surface area contributed by atoms with Crippen molar-refractivity contribution in [2.45, 2.75) is 0 Å². The Balaban J connectivity index is 1.70. The molecule has 0 aromatic heterocycles. The first-order valence-electron chi connectivity index (χ1n) is 8.39. The fraction of sp³-hybridized carbons (Fsp3) is 0.0476. The average Bonchev–Trinajstić information content (AvgIpc) is 2.74. The van der Waals surface area contributed by atoms with Gasteiger partial charge in [-0.05, 0) is 35.4 Å². The first-order valence-corrected chi connectivity index (χ1v) is 8.39. The third-order valence-corrected chi connectivity index (χ3v) is 4.01. The largest absolute Gasteiger partial charge is 0.497 e. The third-order valence-electron chi connectivity index (χ3n) is 4.01. The molecule has 0 spiro atoms. The molecular weight excluding hydrogens is 358 g/mol. The Morgan fingerprint density at radius 1 is 1.04 bits per heavy atom. The number of hydrazone groups is 1. The van der Waals surface area contributed by atoms with Crippen LogP contribution in [0.4, 0.5) is 5.69 Å². The van der Waals surface area contributed by atoms with Crippen molar-refractivity contribution in [3.63, 3.8) is 0 Å². The molecule has 0 heterocycles. The van der Waals surface area contributed by atoms with Gasteiger partial charge in [-0.25, -0.2) is 5.43 Å². The predicted molar refractivity (Wildman–Crippen MR) is 107 cm³/mol. The van der Waals surface area contributed by atoms with Crippen molar-refractivity contribution in [3.05, 3.63) is 94.0 Å². The molecule has 3 aromatic rings. The third kappa shape index (κ3) is 4.59. The molecule has 1 amide bonds.